The number of carbonyl (C=O) groups excluding carboxylic acids is 1. The summed E-state index contributed by atoms with van der Waals surface area (Å²) in [5.74, 6) is 0.523. The number of nitrogens with two attached hydrogens (primary N) is 1. The Hall–Kier alpha value is -1.75. The molecule has 1 aromatic rings. The van der Waals surface area contributed by atoms with E-state index < -0.39 is 0 Å². The monoisotopic (exact) mass is 292 g/mol. The summed E-state index contributed by atoms with van der Waals surface area (Å²) in [5.41, 5.74) is 6.88. The molecular formula is C16H24N2O3. The highest BCUT2D eigenvalue weighted by Gasteiger charge is 2.26. The summed E-state index contributed by atoms with van der Waals surface area (Å²) in [6, 6.07) is 5.15. The number of hydrogen-bond acceptors (Lipinski definition) is 4. The van der Waals surface area contributed by atoms with Crippen LogP contribution in [-0.2, 0) is 4.74 Å². The number of rotatable bonds is 5. The lowest BCUT2D eigenvalue weighted by Crippen LogP contribution is -2.43. The van der Waals surface area contributed by atoms with Crippen molar-refractivity contribution in [2.24, 2.45) is 0 Å². The van der Waals surface area contributed by atoms with E-state index in [4.69, 9.17) is 15.2 Å². The van der Waals surface area contributed by atoms with Crippen molar-refractivity contribution in [1.29, 1.82) is 0 Å². The third-order valence-electron chi connectivity index (χ3n) is 3.68. The Labute approximate surface area is 126 Å². The number of ether oxygens (including phenoxy) is 2. The van der Waals surface area contributed by atoms with Crippen molar-refractivity contribution in [2.45, 2.75) is 32.3 Å². The molecule has 1 heterocycles. The van der Waals surface area contributed by atoms with E-state index in [0.29, 0.717) is 23.5 Å². The summed E-state index contributed by atoms with van der Waals surface area (Å²) >= 11 is 0. The standard InChI is InChI=1S/C16H24N2O3/c1-3-9-21-13-5-4-8-18(11-13)16(19)14-10-12(17)6-7-15(14)20-2/h6-7,10,13H,3-5,8-9,11,17H2,1-2H3. The number of nitrogen functional groups attached to an aromatic ring is 1. The van der Waals surface area contributed by atoms with Gasteiger partial charge in [-0.15, -0.1) is 0 Å². The molecule has 5 nitrogen and oxygen atoms in total. The van der Waals surface area contributed by atoms with Gasteiger partial charge in [-0.25, -0.2) is 0 Å². The Bertz CT molecular complexity index is 490. The first-order chi connectivity index (χ1) is 10.2. The molecule has 0 radical (unpaired) electrons. The Morgan fingerprint density at radius 2 is 2.29 bits per heavy atom. The van der Waals surface area contributed by atoms with E-state index in [-0.39, 0.29) is 12.0 Å². The topological polar surface area (TPSA) is 64.8 Å². The van der Waals surface area contributed by atoms with Gasteiger partial charge in [0.1, 0.15) is 5.75 Å². The molecule has 116 valence electrons. The normalized spacial score (nSPS) is 18.6. The second kappa shape index (κ2) is 7.31. The van der Waals surface area contributed by atoms with Gasteiger partial charge in [0.15, 0.2) is 0 Å². The average Bonchev–Trinajstić information content (AvgIpc) is 2.52. The van der Waals surface area contributed by atoms with E-state index in [9.17, 15) is 4.79 Å². The van der Waals surface area contributed by atoms with E-state index in [1.54, 1.807) is 25.3 Å². The molecule has 5 heteroatoms. The van der Waals surface area contributed by atoms with Crippen molar-refractivity contribution in [2.75, 3.05) is 32.5 Å². The SMILES string of the molecule is CCCOC1CCCN(C(=O)c2cc(N)ccc2OC)C1. The van der Waals surface area contributed by atoms with Gasteiger partial charge in [0.25, 0.3) is 5.91 Å². The fourth-order valence-corrected chi connectivity index (χ4v) is 2.61. The molecular weight excluding hydrogens is 268 g/mol. The molecule has 21 heavy (non-hydrogen) atoms. The van der Waals surface area contributed by atoms with Gasteiger partial charge in [-0.1, -0.05) is 6.92 Å². The quantitative estimate of drug-likeness (QED) is 0.846. The van der Waals surface area contributed by atoms with Crippen molar-refractivity contribution in [3.8, 4) is 5.75 Å². The molecule has 1 saturated heterocycles. The first-order valence-electron chi connectivity index (χ1n) is 7.50. The van der Waals surface area contributed by atoms with Crippen molar-refractivity contribution < 1.29 is 14.3 Å². The molecule has 2 rings (SSSR count). The fraction of sp³-hybridized carbons (Fsp3) is 0.562. The van der Waals surface area contributed by atoms with Gasteiger partial charge < -0.3 is 20.1 Å². The Kier molecular flexibility index (Phi) is 5.44. The van der Waals surface area contributed by atoms with E-state index in [1.807, 2.05) is 4.90 Å². The van der Waals surface area contributed by atoms with E-state index in [1.165, 1.54) is 0 Å². The molecule has 1 atom stereocenters. The minimum absolute atomic E-state index is 0.0380. The lowest BCUT2D eigenvalue weighted by molar-refractivity contribution is 0.00202. The van der Waals surface area contributed by atoms with Gasteiger partial charge in [0, 0.05) is 25.4 Å². The number of nitrogens with zero attached hydrogens (tertiary/aromatic N) is 1. The third-order valence-corrected chi connectivity index (χ3v) is 3.68. The molecule has 0 spiro atoms. The summed E-state index contributed by atoms with van der Waals surface area (Å²) < 4.78 is 11.0. The Morgan fingerprint density at radius 1 is 1.48 bits per heavy atom. The number of likely N-dealkylation sites (tertiary alicyclic amines) is 1. The van der Waals surface area contributed by atoms with Crippen molar-refractivity contribution in [3.63, 3.8) is 0 Å². The van der Waals surface area contributed by atoms with Crippen LogP contribution in [0.5, 0.6) is 5.75 Å². The number of hydrogen-bond donors (Lipinski definition) is 1. The van der Waals surface area contributed by atoms with Crippen LogP contribution in [-0.4, -0.2) is 43.7 Å². The highest BCUT2D eigenvalue weighted by molar-refractivity contribution is 5.97. The van der Waals surface area contributed by atoms with Crippen molar-refractivity contribution >= 4 is 11.6 Å². The molecule has 1 fully saturated rings. The predicted octanol–water partition coefficient (Wildman–Crippen LogP) is 2.31. The van der Waals surface area contributed by atoms with Crippen LogP contribution in [0, 0.1) is 0 Å². The van der Waals surface area contributed by atoms with Crippen molar-refractivity contribution in [1.82, 2.24) is 4.90 Å². The zero-order valence-corrected chi connectivity index (χ0v) is 12.8. The summed E-state index contributed by atoms with van der Waals surface area (Å²) in [4.78, 5) is 14.5. The minimum atomic E-state index is -0.0380. The lowest BCUT2D eigenvalue weighted by atomic mass is 10.1. The van der Waals surface area contributed by atoms with Crippen LogP contribution in [0.1, 0.15) is 36.5 Å². The van der Waals surface area contributed by atoms with Gasteiger partial charge >= 0.3 is 0 Å². The van der Waals surface area contributed by atoms with Gasteiger partial charge in [-0.05, 0) is 37.5 Å². The molecule has 0 bridgehead atoms. The van der Waals surface area contributed by atoms with E-state index in [0.717, 1.165) is 32.4 Å². The third kappa shape index (κ3) is 3.88. The van der Waals surface area contributed by atoms with Crippen LogP contribution >= 0.6 is 0 Å². The summed E-state index contributed by atoms with van der Waals surface area (Å²) in [6.45, 7) is 4.22. The molecule has 0 aliphatic carbocycles. The molecule has 0 saturated carbocycles. The van der Waals surface area contributed by atoms with Gasteiger partial charge in [-0.3, -0.25) is 4.79 Å². The van der Waals surface area contributed by atoms with Crippen LogP contribution < -0.4 is 10.5 Å². The molecule has 1 aliphatic rings. The van der Waals surface area contributed by atoms with Crippen LogP contribution in [0.25, 0.3) is 0 Å². The smallest absolute Gasteiger partial charge is 0.257 e. The number of methoxy groups -OCH3 is 1. The first kappa shape index (κ1) is 15.6. The van der Waals surface area contributed by atoms with Crippen molar-refractivity contribution in [3.05, 3.63) is 23.8 Å². The molecule has 1 amide bonds. The van der Waals surface area contributed by atoms with Crippen LogP contribution in [0.3, 0.4) is 0 Å². The fourth-order valence-electron chi connectivity index (χ4n) is 2.61. The molecule has 2 N–H and O–H groups in total. The van der Waals surface area contributed by atoms with Gasteiger partial charge in [-0.2, -0.15) is 0 Å². The average molecular weight is 292 g/mol. The maximum Gasteiger partial charge on any atom is 0.257 e. The Morgan fingerprint density at radius 3 is 3.00 bits per heavy atom. The number of carbonyl (C=O) groups is 1. The zero-order chi connectivity index (χ0) is 15.2. The van der Waals surface area contributed by atoms with E-state index in [2.05, 4.69) is 6.92 Å². The molecule has 1 unspecified atom stereocenters. The number of amides is 1. The second-order valence-electron chi connectivity index (χ2n) is 5.35. The molecule has 1 aromatic carbocycles. The minimum Gasteiger partial charge on any atom is -0.496 e. The first-order valence-corrected chi connectivity index (χ1v) is 7.50. The second-order valence-corrected chi connectivity index (χ2v) is 5.35. The highest BCUT2D eigenvalue weighted by atomic mass is 16.5. The largest absolute Gasteiger partial charge is 0.496 e. The van der Waals surface area contributed by atoms with Crippen LogP contribution in [0.4, 0.5) is 5.69 Å². The predicted molar refractivity (Wildman–Crippen MR) is 82.6 cm³/mol. The number of anilines is 1. The van der Waals surface area contributed by atoms with Gasteiger partial charge in [0.05, 0.1) is 18.8 Å². The van der Waals surface area contributed by atoms with Crippen LogP contribution in [0.2, 0.25) is 0 Å². The van der Waals surface area contributed by atoms with Gasteiger partial charge in [0.2, 0.25) is 0 Å². The maximum absolute atomic E-state index is 12.7. The van der Waals surface area contributed by atoms with E-state index >= 15 is 0 Å². The summed E-state index contributed by atoms with van der Waals surface area (Å²) in [5, 5.41) is 0. The lowest BCUT2D eigenvalue weighted by Gasteiger charge is -2.33. The zero-order valence-electron chi connectivity index (χ0n) is 12.8. The highest BCUT2D eigenvalue weighted by Crippen LogP contribution is 2.24. The summed E-state index contributed by atoms with van der Waals surface area (Å²) in [7, 11) is 1.56. The summed E-state index contributed by atoms with van der Waals surface area (Å²) in [6.07, 6.45) is 3.10. The maximum atomic E-state index is 12.7. The number of benzene rings is 1. The molecule has 1 aliphatic heterocycles. The van der Waals surface area contributed by atoms with Crippen LogP contribution in [0.15, 0.2) is 18.2 Å². The Balaban J connectivity index is 2.10. The molecule has 0 aromatic heterocycles. The number of piperidine rings is 1.